The number of ketones is 1. The Balaban J connectivity index is 1.42. The van der Waals surface area contributed by atoms with Crippen LogP contribution in [0, 0.1) is 0 Å². The van der Waals surface area contributed by atoms with E-state index in [1.54, 1.807) is 0 Å². The first-order valence-electron chi connectivity index (χ1n) is 13.4. The molecule has 1 aliphatic carbocycles. The van der Waals surface area contributed by atoms with Crippen molar-refractivity contribution in [3.05, 3.63) is 122 Å². The zero-order valence-corrected chi connectivity index (χ0v) is 24.5. The molecule has 1 N–H and O–H groups in total. The third-order valence-electron chi connectivity index (χ3n) is 7.52. The Labute approximate surface area is 246 Å². The number of benzene rings is 4. The highest BCUT2D eigenvalue weighted by Gasteiger charge is 2.43. The number of Topliss-reactive ketones (excluding diaryl/α,β-unsaturated/α-hetero) is 1. The summed E-state index contributed by atoms with van der Waals surface area (Å²) in [6.45, 7) is 4.48. The zero-order valence-electron chi connectivity index (χ0n) is 22.9. The highest BCUT2D eigenvalue weighted by atomic mass is 79.9. The molecule has 0 bridgehead atoms. The van der Waals surface area contributed by atoms with Gasteiger partial charge in [-0.25, -0.2) is 4.79 Å². The molecule has 2 aliphatic rings. The molecular weight excluding hydrogens is 582 g/mol. The number of hydrogen-bond donors (Lipinski definition) is 1. The van der Waals surface area contributed by atoms with E-state index in [1.165, 1.54) is 12.5 Å². The molecule has 0 radical (unpaired) electrons. The molecule has 0 saturated heterocycles. The molecule has 0 amide bonds. The van der Waals surface area contributed by atoms with Crippen LogP contribution in [0.5, 0.6) is 11.5 Å². The average Bonchev–Trinajstić information content (AvgIpc) is 3.26. The minimum Gasteiger partial charge on any atom is -0.490 e. The number of carbonyl (C=O) groups is 2. The number of fused-ring (bicyclic) bond motifs is 3. The molecule has 4 aromatic rings. The molecule has 0 fully saturated rings. The molecule has 0 unspecified atom stereocenters. The molecule has 206 valence electrons. The van der Waals surface area contributed by atoms with Crippen LogP contribution in [0.4, 0.5) is 0 Å². The molecule has 6 nitrogen and oxygen atoms in total. The molecule has 7 heteroatoms. The maximum absolute atomic E-state index is 13.8. The van der Waals surface area contributed by atoms with Gasteiger partial charge in [-0.2, -0.15) is 0 Å². The Kier molecular flexibility index (Phi) is 7.14. The van der Waals surface area contributed by atoms with E-state index in [2.05, 4.69) is 45.5 Å². The van der Waals surface area contributed by atoms with Crippen molar-refractivity contribution in [2.75, 3.05) is 13.7 Å². The average molecular weight is 611 g/mol. The highest BCUT2D eigenvalue weighted by Crippen LogP contribution is 2.49. The van der Waals surface area contributed by atoms with Crippen LogP contribution in [0.2, 0.25) is 0 Å². The number of halogens is 1. The Morgan fingerprint density at radius 2 is 1.66 bits per heavy atom. The van der Waals surface area contributed by atoms with Crippen LogP contribution in [0.3, 0.4) is 0 Å². The van der Waals surface area contributed by atoms with Crippen LogP contribution in [0.25, 0.3) is 16.5 Å². The molecule has 1 aliphatic heterocycles. The lowest BCUT2D eigenvalue weighted by atomic mass is 9.79. The number of rotatable bonds is 7. The molecule has 6 rings (SSSR count). The fraction of sp³-hybridized carbons (Fsp3) is 0.176. The number of hydrogen-bond acceptors (Lipinski definition) is 6. The second kappa shape index (κ2) is 10.9. The van der Waals surface area contributed by atoms with Gasteiger partial charge in [0.2, 0.25) is 0 Å². The lowest BCUT2D eigenvalue weighted by Crippen LogP contribution is -2.29. The van der Waals surface area contributed by atoms with E-state index in [0.717, 1.165) is 16.5 Å². The second-order valence-electron chi connectivity index (χ2n) is 9.98. The summed E-state index contributed by atoms with van der Waals surface area (Å²) < 4.78 is 18.2. The van der Waals surface area contributed by atoms with Crippen molar-refractivity contribution in [1.82, 2.24) is 5.32 Å². The van der Waals surface area contributed by atoms with Gasteiger partial charge in [0.15, 0.2) is 17.3 Å². The van der Waals surface area contributed by atoms with E-state index in [-0.39, 0.29) is 5.78 Å². The van der Waals surface area contributed by atoms with E-state index in [0.29, 0.717) is 62.9 Å². The third-order valence-corrected chi connectivity index (χ3v) is 8.11. The summed E-state index contributed by atoms with van der Waals surface area (Å²) in [5.74, 6) is -0.214. The number of dihydropyridines is 1. The van der Waals surface area contributed by atoms with Crippen molar-refractivity contribution in [1.29, 1.82) is 0 Å². The lowest BCUT2D eigenvalue weighted by molar-refractivity contribution is -0.136. The molecule has 0 spiro atoms. The van der Waals surface area contributed by atoms with Gasteiger partial charge in [-0.05, 0) is 69.9 Å². The molecule has 0 saturated carbocycles. The number of carbonyl (C=O) groups excluding carboxylic acids is 2. The molecular formula is C34H28BrNO5. The van der Waals surface area contributed by atoms with Crippen molar-refractivity contribution in [3.63, 3.8) is 0 Å². The van der Waals surface area contributed by atoms with Crippen LogP contribution in [-0.4, -0.2) is 25.5 Å². The second-order valence-corrected chi connectivity index (χ2v) is 10.8. The molecule has 4 aromatic carbocycles. The van der Waals surface area contributed by atoms with E-state index in [1.807, 2.05) is 68.4 Å². The number of methoxy groups -OCH3 is 1. The monoisotopic (exact) mass is 609 g/mol. The molecule has 41 heavy (non-hydrogen) atoms. The largest absolute Gasteiger partial charge is 0.490 e. The number of ether oxygens (including phenoxy) is 3. The van der Waals surface area contributed by atoms with Gasteiger partial charge < -0.3 is 19.5 Å². The zero-order chi connectivity index (χ0) is 28.7. The van der Waals surface area contributed by atoms with Crippen molar-refractivity contribution >= 4 is 44.2 Å². The Bertz CT molecular complexity index is 1790. The highest BCUT2D eigenvalue weighted by molar-refractivity contribution is 9.10. The first-order chi connectivity index (χ1) is 19.9. The minimum absolute atomic E-state index is 0.118. The minimum atomic E-state index is -0.663. The van der Waals surface area contributed by atoms with Crippen molar-refractivity contribution in [2.45, 2.75) is 26.4 Å². The Hall–Kier alpha value is -4.36. The summed E-state index contributed by atoms with van der Waals surface area (Å²) in [7, 11) is 1.35. The van der Waals surface area contributed by atoms with Crippen molar-refractivity contribution < 1.29 is 23.8 Å². The van der Waals surface area contributed by atoms with Crippen LogP contribution in [-0.2, 0) is 16.1 Å². The normalized spacial score (nSPS) is 15.9. The fourth-order valence-corrected chi connectivity index (χ4v) is 6.26. The standard InChI is InChI=1S/C34H28BrNO5/c1-4-40-27-17-23(16-26(35)33(27)41-18-20-13-14-21-9-5-6-10-22(21)15-20)29-28(34(38)39-3)19(2)36-31-24-11-7-8-12-25(24)32(37)30(29)31/h5-17,29,36H,4,18H2,1-3H3/t29-/m1/s1. The number of nitrogens with one attached hydrogen (secondary N) is 1. The summed E-state index contributed by atoms with van der Waals surface area (Å²) in [6, 6.07) is 25.7. The van der Waals surface area contributed by atoms with Crippen molar-refractivity contribution in [3.8, 4) is 11.5 Å². The first kappa shape index (κ1) is 26.8. The topological polar surface area (TPSA) is 73.9 Å². The maximum Gasteiger partial charge on any atom is 0.336 e. The van der Waals surface area contributed by atoms with Crippen molar-refractivity contribution in [2.24, 2.45) is 0 Å². The number of allylic oxidation sites excluding steroid dienone is 2. The van der Waals surface area contributed by atoms with Gasteiger partial charge in [0.25, 0.3) is 0 Å². The lowest BCUT2D eigenvalue weighted by Gasteiger charge is -2.29. The van der Waals surface area contributed by atoms with E-state index >= 15 is 0 Å². The SMILES string of the molecule is CCOc1cc([C@@H]2C(C(=O)OC)=C(C)NC3=C2C(=O)c2ccccc23)cc(Br)c1OCc1ccc2ccccc2c1. The van der Waals surface area contributed by atoms with E-state index < -0.39 is 11.9 Å². The summed E-state index contributed by atoms with van der Waals surface area (Å²) in [5.41, 5.74) is 5.41. The summed E-state index contributed by atoms with van der Waals surface area (Å²) in [6.07, 6.45) is 0. The van der Waals surface area contributed by atoms with E-state index in [9.17, 15) is 9.59 Å². The fourth-order valence-electron chi connectivity index (χ4n) is 5.68. The Morgan fingerprint density at radius 1 is 0.927 bits per heavy atom. The first-order valence-corrected chi connectivity index (χ1v) is 14.2. The summed E-state index contributed by atoms with van der Waals surface area (Å²) in [4.78, 5) is 26.9. The van der Waals surface area contributed by atoms with E-state index in [4.69, 9.17) is 14.2 Å². The maximum atomic E-state index is 13.8. The third kappa shape index (κ3) is 4.70. The van der Waals surface area contributed by atoms with Gasteiger partial charge in [-0.3, -0.25) is 4.79 Å². The van der Waals surface area contributed by atoms with Gasteiger partial charge >= 0.3 is 5.97 Å². The van der Waals surface area contributed by atoms with Gasteiger partial charge in [0.1, 0.15) is 6.61 Å². The predicted molar refractivity (Wildman–Crippen MR) is 162 cm³/mol. The number of esters is 1. The summed E-state index contributed by atoms with van der Waals surface area (Å²) >= 11 is 3.70. The van der Waals surface area contributed by atoms with Gasteiger partial charge in [0.05, 0.1) is 29.5 Å². The van der Waals surface area contributed by atoms with Crippen LogP contribution >= 0.6 is 15.9 Å². The molecule has 0 aromatic heterocycles. The van der Waals surface area contributed by atoms with Gasteiger partial charge in [0, 0.05) is 28.3 Å². The van der Waals surface area contributed by atoms with Gasteiger partial charge in [-0.1, -0.05) is 60.7 Å². The smallest absolute Gasteiger partial charge is 0.336 e. The predicted octanol–water partition coefficient (Wildman–Crippen LogP) is 7.32. The molecule has 1 heterocycles. The van der Waals surface area contributed by atoms with Crippen LogP contribution < -0.4 is 14.8 Å². The summed E-state index contributed by atoms with van der Waals surface area (Å²) in [5, 5.41) is 5.63. The van der Waals surface area contributed by atoms with Crippen LogP contribution in [0.1, 0.15) is 46.8 Å². The molecule has 1 atom stereocenters. The van der Waals surface area contributed by atoms with Crippen LogP contribution in [0.15, 0.2) is 100 Å². The van der Waals surface area contributed by atoms with Gasteiger partial charge in [-0.15, -0.1) is 0 Å². The quantitative estimate of drug-likeness (QED) is 0.221. The Morgan fingerprint density at radius 3 is 2.41 bits per heavy atom.